The molecule has 1 aliphatic rings. The summed E-state index contributed by atoms with van der Waals surface area (Å²) in [5.41, 5.74) is 6.74. The molecule has 0 aliphatic heterocycles. The van der Waals surface area contributed by atoms with Crippen LogP contribution in [0.5, 0.6) is 0 Å². The number of hydrogen-bond donors (Lipinski definition) is 1. The Labute approximate surface area is 97.7 Å². The normalized spacial score (nSPS) is 17.1. The molecule has 1 fully saturated rings. The zero-order chi connectivity index (χ0) is 11.4. The van der Waals surface area contributed by atoms with Crippen LogP contribution in [-0.2, 0) is 6.54 Å². The molecule has 3 nitrogen and oxygen atoms in total. The van der Waals surface area contributed by atoms with Gasteiger partial charge in [0.1, 0.15) is 5.82 Å². The lowest BCUT2D eigenvalue weighted by molar-refractivity contribution is 0.268. The van der Waals surface area contributed by atoms with Gasteiger partial charge in [-0.1, -0.05) is 18.9 Å². The molecule has 88 valence electrons. The standard InChI is InChI=1S/C13H21N3/c1-16(9-11-5-2-3-6-11)10-12-7-4-8-13(14)15-12/h4,7-8,11H,2-3,5-6,9-10H2,1H3,(H2,14,15). The minimum Gasteiger partial charge on any atom is -0.384 e. The fraction of sp³-hybridized carbons (Fsp3) is 0.615. The topological polar surface area (TPSA) is 42.1 Å². The first-order chi connectivity index (χ1) is 7.74. The lowest BCUT2D eigenvalue weighted by atomic mass is 10.1. The van der Waals surface area contributed by atoms with Crippen molar-refractivity contribution >= 4 is 5.82 Å². The largest absolute Gasteiger partial charge is 0.384 e. The van der Waals surface area contributed by atoms with Crippen molar-refractivity contribution in [1.82, 2.24) is 9.88 Å². The second-order valence-electron chi connectivity index (χ2n) is 4.90. The Morgan fingerprint density at radius 2 is 2.12 bits per heavy atom. The zero-order valence-electron chi connectivity index (χ0n) is 10.0. The van der Waals surface area contributed by atoms with Crippen LogP contribution in [0, 0.1) is 5.92 Å². The lowest BCUT2D eigenvalue weighted by Crippen LogP contribution is -2.24. The second-order valence-corrected chi connectivity index (χ2v) is 4.90. The second kappa shape index (κ2) is 5.30. The predicted octanol–water partition coefficient (Wildman–Crippen LogP) is 2.29. The van der Waals surface area contributed by atoms with E-state index in [0.29, 0.717) is 5.82 Å². The average Bonchev–Trinajstić information content (AvgIpc) is 2.70. The summed E-state index contributed by atoms with van der Waals surface area (Å²) in [7, 11) is 2.17. The highest BCUT2D eigenvalue weighted by Crippen LogP contribution is 2.25. The van der Waals surface area contributed by atoms with Crippen molar-refractivity contribution < 1.29 is 0 Å². The van der Waals surface area contributed by atoms with E-state index in [9.17, 15) is 0 Å². The molecule has 2 rings (SSSR count). The summed E-state index contributed by atoms with van der Waals surface area (Å²) in [6.45, 7) is 2.10. The number of rotatable bonds is 4. The van der Waals surface area contributed by atoms with Crippen molar-refractivity contribution in [2.24, 2.45) is 5.92 Å². The number of pyridine rings is 1. The van der Waals surface area contributed by atoms with Crippen molar-refractivity contribution in [3.8, 4) is 0 Å². The van der Waals surface area contributed by atoms with E-state index in [1.54, 1.807) is 0 Å². The van der Waals surface area contributed by atoms with Gasteiger partial charge in [0.25, 0.3) is 0 Å². The van der Waals surface area contributed by atoms with Gasteiger partial charge in [0, 0.05) is 13.1 Å². The van der Waals surface area contributed by atoms with Crippen molar-refractivity contribution in [3.05, 3.63) is 23.9 Å². The molecule has 16 heavy (non-hydrogen) atoms. The monoisotopic (exact) mass is 219 g/mol. The Morgan fingerprint density at radius 1 is 1.38 bits per heavy atom. The maximum absolute atomic E-state index is 5.67. The molecular formula is C13H21N3. The maximum atomic E-state index is 5.67. The van der Waals surface area contributed by atoms with Crippen LogP contribution in [0.25, 0.3) is 0 Å². The third-order valence-corrected chi connectivity index (χ3v) is 3.30. The highest BCUT2D eigenvalue weighted by atomic mass is 15.1. The van der Waals surface area contributed by atoms with Crippen LogP contribution < -0.4 is 5.73 Å². The molecule has 1 saturated carbocycles. The molecule has 0 amide bonds. The molecule has 1 aromatic rings. The first-order valence-corrected chi connectivity index (χ1v) is 6.14. The number of nitrogen functional groups attached to an aromatic ring is 1. The van der Waals surface area contributed by atoms with Gasteiger partial charge in [-0.2, -0.15) is 0 Å². The third kappa shape index (κ3) is 3.20. The average molecular weight is 219 g/mol. The summed E-state index contributed by atoms with van der Waals surface area (Å²) >= 11 is 0. The molecule has 0 aromatic carbocycles. The van der Waals surface area contributed by atoms with Crippen LogP contribution in [0.2, 0.25) is 0 Å². The van der Waals surface area contributed by atoms with Crippen LogP contribution in [0.1, 0.15) is 31.4 Å². The van der Waals surface area contributed by atoms with Gasteiger partial charge in [-0.05, 0) is 37.9 Å². The van der Waals surface area contributed by atoms with Gasteiger partial charge in [0.15, 0.2) is 0 Å². The van der Waals surface area contributed by atoms with Crippen LogP contribution in [0.3, 0.4) is 0 Å². The summed E-state index contributed by atoms with van der Waals surface area (Å²) in [5.74, 6) is 1.51. The lowest BCUT2D eigenvalue weighted by Gasteiger charge is -2.20. The molecule has 2 N–H and O–H groups in total. The zero-order valence-corrected chi connectivity index (χ0v) is 10.0. The molecular weight excluding hydrogens is 198 g/mol. The summed E-state index contributed by atoms with van der Waals surface area (Å²) in [6, 6.07) is 5.85. The molecule has 0 bridgehead atoms. The number of aromatic nitrogens is 1. The van der Waals surface area contributed by atoms with Crippen molar-refractivity contribution in [1.29, 1.82) is 0 Å². The van der Waals surface area contributed by atoms with Crippen molar-refractivity contribution in [3.63, 3.8) is 0 Å². The SMILES string of the molecule is CN(Cc1cccc(N)n1)CC1CCCC1. The van der Waals surface area contributed by atoms with Crippen LogP contribution in [0.15, 0.2) is 18.2 Å². The Hall–Kier alpha value is -1.09. The van der Waals surface area contributed by atoms with Crippen molar-refractivity contribution in [2.45, 2.75) is 32.2 Å². The molecule has 1 aromatic heterocycles. The smallest absolute Gasteiger partial charge is 0.123 e. The Morgan fingerprint density at radius 3 is 2.81 bits per heavy atom. The fourth-order valence-corrected chi connectivity index (χ4v) is 2.56. The fourth-order valence-electron chi connectivity index (χ4n) is 2.56. The van der Waals surface area contributed by atoms with Crippen LogP contribution >= 0.6 is 0 Å². The Bertz CT molecular complexity index is 332. The maximum Gasteiger partial charge on any atom is 0.123 e. The molecule has 0 unspecified atom stereocenters. The van der Waals surface area contributed by atoms with E-state index < -0.39 is 0 Å². The van der Waals surface area contributed by atoms with Gasteiger partial charge in [-0.15, -0.1) is 0 Å². The van der Waals surface area contributed by atoms with E-state index in [1.165, 1.54) is 32.2 Å². The summed E-state index contributed by atoms with van der Waals surface area (Å²) in [6.07, 6.45) is 5.62. The molecule has 1 aliphatic carbocycles. The minimum absolute atomic E-state index is 0.617. The molecule has 0 atom stereocenters. The number of nitrogens with zero attached hydrogens (tertiary/aromatic N) is 2. The van der Waals surface area contributed by atoms with Gasteiger partial charge in [-0.25, -0.2) is 4.98 Å². The number of hydrogen-bond acceptors (Lipinski definition) is 3. The quantitative estimate of drug-likeness (QED) is 0.844. The molecule has 0 saturated heterocycles. The van der Waals surface area contributed by atoms with Gasteiger partial charge < -0.3 is 10.6 Å². The Balaban J connectivity index is 1.84. The molecule has 0 spiro atoms. The first kappa shape index (κ1) is 11.4. The molecule has 3 heteroatoms. The van der Waals surface area contributed by atoms with Gasteiger partial charge in [-0.3, -0.25) is 0 Å². The van der Waals surface area contributed by atoms with E-state index in [4.69, 9.17) is 5.73 Å². The Kier molecular flexibility index (Phi) is 3.78. The highest BCUT2D eigenvalue weighted by molar-refractivity contribution is 5.28. The number of anilines is 1. The highest BCUT2D eigenvalue weighted by Gasteiger charge is 2.16. The van der Waals surface area contributed by atoms with E-state index in [0.717, 1.165) is 18.2 Å². The van der Waals surface area contributed by atoms with E-state index in [2.05, 4.69) is 16.9 Å². The third-order valence-electron chi connectivity index (χ3n) is 3.30. The van der Waals surface area contributed by atoms with Gasteiger partial charge >= 0.3 is 0 Å². The van der Waals surface area contributed by atoms with Crippen LogP contribution in [-0.4, -0.2) is 23.5 Å². The summed E-state index contributed by atoms with van der Waals surface area (Å²) in [4.78, 5) is 6.68. The predicted molar refractivity (Wildman–Crippen MR) is 66.9 cm³/mol. The number of nitrogens with two attached hydrogens (primary N) is 1. The molecule has 1 heterocycles. The summed E-state index contributed by atoms with van der Waals surface area (Å²) < 4.78 is 0. The first-order valence-electron chi connectivity index (χ1n) is 6.14. The van der Waals surface area contributed by atoms with E-state index >= 15 is 0 Å². The van der Waals surface area contributed by atoms with Crippen LogP contribution in [0.4, 0.5) is 5.82 Å². The van der Waals surface area contributed by atoms with Gasteiger partial charge in [0.2, 0.25) is 0 Å². The van der Waals surface area contributed by atoms with Crippen molar-refractivity contribution in [2.75, 3.05) is 19.3 Å². The van der Waals surface area contributed by atoms with E-state index in [1.807, 2.05) is 18.2 Å². The van der Waals surface area contributed by atoms with E-state index in [-0.39, 0.29) is 0 Å². The molecule has 0 radical (unpaired) electrons. The summed E-state index contributed by atoms with van der Waals surface area (Å²) in [5, 5.41) is 0. The minimum atomic E-state index is 0.617. The van der Waals surface area contributed by atoms with Gasteiger partial charge in [0.05, 0.1) is 5.69 Å².